The van der Waals surface area contributed by atoms with E-state index in [-0.39, 0.29) is 5.75 Å². The number of fused-ring (bicyclic) bond motifs is 1. The number of nitrogens with zero attached hydrogens (tertiary/aromatic N) is 1. The Kier molecular flexibility index (Phi) is 5.79. The third-order valence-electron chi connectivity index (χ3n) is 5.39. The van der Waals surface area contributed by atoms with Crippen LogP contribution in [-0.2, 0) is 0 Å². The highest BCUT2D eigenvalue weighted by Crippen LogP contribution is 2.35. The molecule has 0 saturated heterocycles. The van der Waals surface area contributed by atoms with Gasteiger partial charge in [-0.3, -0.25) is 4.99 Å². The van der Waals surface area contributed by atoms with Crippen LogP contribution in [0.2, 0.25) is 0 Å². The molecular formula is C29H22NOP. The number of hydrogen-bond acceptors (Lipinski definition) is 2. The second-order valence-electron chi connectivity index (χ2n) is 7.51. The molecule has 0 unspecified atom stereocenters. The van der Waals surface area contributed by atoms with Crippen molar-refractivity contribution in [2.75, 3.05) is 0 Å². The maximum atomic E-state index is 10.5. The molecule has 32 heavy (non-hydrogen) atoms. The molecule has 0 spiro atoms. The van der Waals surface area contributed by atoms with Gasteiger partial charge in [-0.2, -0.15) is 0 Å². The van der Waals surface area contributed by atoms with Gasteiger partial charge in [-0.05, 0) is 46.7 Å². The molecule has 2 nitrogen and oxygen atoms in total. The molecule has 3 heteroatoms. The van der Waals surface area contributed by atoms with E-state index >= 15 is 0 Å². The minimum atomic E-state index is -0.737. The zero-order valence-electron chi connectivity index (χ0n) is 17.5. The Labute approximate surface area is 189 Å². The third-order valence-corrected chi connectivity index (χ3v) is 7.91. The predicted molar refractivity (Wildman–Crippen MR) is 138 cm³/mol. The molecule has 0 fully saturated rings. The average molecular weight is 431 g/mol. The maximum absolute atomic E-state index is 10.5. The number of benzene rings is 5. The lowest BCUT2D eigenvalue weighted by atomic mass is 10.1. The van der Waals surface area contributed by atoms with Crippen LogP contribution in [0.1, 0.15) is 5.56 Å². The lowest BCUT2D eigenvalue weighted by molar-refractivity contribution is 0.478. The van der Waals surface area contributed by atoms with Crippen LogP contribution in [0.5, 0.6) is 5.75 Å². The topological polar surface area (TPSA) is 32.6 Å². The summed E-state index contributed by atoms with van der Waals surface area (Å²) >= 11 is 0. The van der Waals surface area contributed by atoms with Crippen LogP contribution in [0, 0.1) is 0 Å². The quantitative estimate of drug-likeness (QED) is 0.267. The average Bonchev–Trinajstić information content (AvgIpc) is 2.85. The van der Waals surface area contributed by atoms with Crippen molar-refractivity contribution in [3.05, 3.63) is 127 Å². The number of phenols is 1. The first kappa shape index (κ1) is 20.2. The highest BCUT2D eigenvalue weighted by molar-refractivity contribution is 7.80. The Morgan fingerprint density at radius 1 is 0.594 bits per heavy atom. The van der Waals surface area contributed by atoms with Crippen LogP contribution in [-0.4, -0.2) is 11.3 Å². The molecule has 0 atom stereocenters. The molecular weight excluding hydrogens is 409 g/mol. The SMILES string of the molecule is Oc1cc2ccccc2cc1N=Cc1ccccc1P(c1ccccc1)c1ccccc1. The molecule has 0 aliphatic rings. The summed E-state index contributed by atoms with van der Waals surface area (Å²) in [6.07, 6.45) is 1.88. The Bertz CT molecular complexity index is 1340. The lowest BCUT2D eigenvalue weighted by Crippen LogP contribution is -2.23. The molecule has 0 bridgehead atoms. The van der Waals surface area contributed by atoms with E-state index < -0.39 is 7.92 Å². The largest absolute Gasteiger partial charge is 0.506 e. The predicted octanol–water partition coefficient (Wildman–Crippen LogP) is 6.05. The standard InChI is InChI=1S/C29H22NOP/c31-28-20-23-12-8-7-11-22(23)19-27(28)30-21-24-13-9-10-18-29(24)32(25-14-3-1-4-15-25)26-16-5-2-6-17-26/h1-21,31H. The van der Waals surface area contributed by atoms with Gasteiger partial charge in [0.2, 0.25) is 0 Å². The van der Waals surface area contributed by atoms with Crippen LogP contribution >= 0.6 is 7.92 Å². The van der Waals surface area contributed by atoms with Crippen molar-refractivity contribution in [3.8, 4) is 5.75 Å². The summed E-state index contributed by atoms with van der Waals surface area (Å²) in [5.41, 5.74) is 1.63. The highest BCUT2D eigenvalue weighted by Gasteiger charge is 2.18. The molecule has 0 aliphatic carbocycles. The monoisotopic (exact) mass is 431 g/mol. The van der Waals surface area contributed by atoms with Crippen molar-refractivity contribution in [2.24, 2.45) is 4.99 Å². The van der Waals surface area contributed by atoms with Crippen LogP contribution in [0.4, 0.5) is 5.69 Å². The summed E-state index contributed by atoms with van der Waals surface area (Å²) in [4.78, 5) is 4.69. The normalized spacial score (nSPS) is 11.4. The van der Waals surface area contributed by atoms with E-state index in [0.717, 1.165) is 16.3 Å². The maximum Gasteiger partial charge on any atom is 0.141 e. The van der Waals surface area contributed by atoms with Gasteiger partial charge in [0.25, 0.3) is 0 Å². The summed E-state index contributed by atoms with van der Waals surface area (Å²) in [5, 5.41) is 16.4. The first-order valence-electron chi connectivity index (χ1n) is 10.5. The third kappa shape index (κ3) is 4.19. The van der Waals surface area contributed by atoms with Gasteiger partial charge in [0.1, 0.15) is 11.4 Å². The van der Waals surface area contributed by atoms with Gasteiger partial charge in [0.05, 0.1) is 0 Å². The van der Waals surface area contributed by atoms with Crippen molar-refractivity contribution >= 4 is 46.5 Å². The number of rotatable bonds is 5. The second kappa shape index (κ2) is 9.18. The molecule has 1 N–H and O–H groups in total. The van der Waals surface area contributed by atoms with E-state index in [0.29, 0.717) is 5.69 Å². The van der Waals surface area contributed by atoms with E-state index in [1.165, 1.54) is 15.9 Å². The minimum Gasteiger partial charge on any atom is -0.506 e. The van der Waals surface area contributed by atoms with E-state index in [9.17, 15) is 5.11 Å². The van der Waals surface area contributed by atoms with E-state index in [1.807, 2.05) is 42.6 Å². The first-order chi connectivity index (χ1) is 15.8. The summed E-state index contributed by atoms with van der Waals surface area (Å²) in [6.45, 7) is 0. The van der Waals surface area contributed by atoms with Gasteiger partial charge in [-0.25, -0.2) is 0 Å². The van der Waals surface area contributed by atoms with E-state index in [4.69, 9.17) is 4.99 Å². The molecule has 5 aromatic carbocycles. The van der Waals surface area contributed by atoms with Crippen molar-refractivity contribution < 1.29 is 5.11 Å². The fraction of sp³-hybridized carbons (Fsp3) is 0. The second-order valence-corrected chi connectivity index (χ2v) is 9.70. The van der Waals surface area contributed by atoms with Gasteiger partial charge in [-0.1, -0.05) is 109 Å². The molecule has 0 radical (unpaired) electrons. The molecule has 0 saturated carbocycles. The molecule has 0 aliphatic heterocycles. The van der Waals surface area contributed by atoms with Crippen molar-refractivity contribution in [2.45, 2.75) is 0 Å². The summed E-state index contributed by atoms with van der Waals surface area (Å²) in [6, 6.07) is 41.4. The Morgan fingerprint density at radius 3 is 1.78 bits per heavy atom. The fourth-order valence-corrected chi connectivity index (χ4v) is 6.26. The Morgan fingerprint density at radius 2 is 1.12 bits per heavy atom. The summed E-state index contributed by atoms with van der Waals surface area (Å²) in [5.74, 6) is 0.186. The first-order valence-corrected chi connectivity index (χ1v) is 11.9. The van der Waals surface area contributed by atoms with Crippen LogP contribution < -0.4 is 15.9 Å². The van der Waals surface area contributed by atoms with Crippen LogP contribution in [0.25, 0.3) is 10.8 Å². The van der Waals surface area contributed by atoms with Crippen molar-refractivity contribution in [1.29, 1.82) is 0 Å². The van der Waals surface area contributed by atoms with Gasteiger partial charge in [-0.15, -0.1) is 0 Å². The molecule has 5 rings (SSSR count). The van der Waals surface area contributed by atoms with Gasteiger partial charge in [0.15, 0.2) is 0 Å². The summed E-state index contributed by atoms with van der Waals surface area (Å²) in [7, 11) is -0.737. The fourth-order valence-electron chi connectivity index (χ4n) is 3.84. The molecule has 0 heterocycles. The van der Waals surface area contributed by atoms with Crippen LogP contribution in [0.3, 0.4) is 0 Å². The number of hydrogen-bond donors (Lipinski definition) is 1. The van der Waals surface area contributed by atoms with Crippen molar-refractivity contribution in [3.63, 3.8) is 0 Å². The van der Waals surface area contributed by atoms with Gasteiger partial charge in [0, 0.05) is 11.8 Å². The van der Waals surface area contributed by atoms with E-state index in [2.05, 4.69) is 78.9 Å². The number of aromatic hydroxyl groups is 1. The van der Waals surface area contributed by atoms with Crippen molar-refractivity contribution in [1.82, 2.24) is 0 Å². The van der Waals surface area contributed by atoms with Gasteiger partial charge < -0.3 is 5.11 Å². The lowest BCUT2D eigenvalue weighted by Gasteiger charge is -2.21. The highest BCUT2D eigenvalue weighted by atomic mass is 31.1. The Balaban J connectivity index is 1.60. The molecule has 154 valence electrons. The number of aliphatic imine (C=N–C) groups is 1. The van der Waals surface area contributed by atoms with E-state index in [1.54, 1.807) is 6.07 Å². The summed E-state index contributed by atoms with van der Waals surface area (Å²) < 4.78 is 0. The molecule has 0 aromatic heterocycles. The Hall–Kier alpha value is -3.74. The van der Waals surface area contributed by atoms with Crippen LogP contribution in [0.15, 0.2) is 126 Å². The van der Waals surface area contributed by atoms with Gasteiger partial charge >= 0.3 is 0 Å². The smallest absolute Gasteiger partial charge is 0.141 e. The molecule has 0 amide bonds. The minimum absolute atomic E-state index is 0.186. The zero-order chi connectivity index (χ0) is 21.8. The number of phenolic OH excluding ortho intramolecular Hbond substituents is 1. The molecule has 5 aromatic rings. The zero-order valence-corrected chi connectivity index (χ0v) is 18.4.